The lowest BCUT2D eigenvalue weighted by Crippen LogP contribution is -2.27. The van der Waals surface area contributed by atoms with Crippen LogP contribution < -0.4 is 20.3 Å². The number of anilines is 1. The fraction of sp³-hybridized carbons (Fsp3) is 0.130. The Labute approximate surface area is 196 Å². The number of benzene rings is 1. The number of fused-ring (bicyclic) bond motifs is 3. The average Bonchev–Trinajstić information content (AvgIpc) is 3.49. The number of carbonyl (C=O) groups is 1. The van der Waals surface area contributed by atoms with Crippen LogP contribution in [0.1, 0.15) is 0 Å². The number of methoxy groups -OCH3 is 2. The molecule has 0 aliphatic heterocycles. The SMILES string of the molecule is COc1ccc(NC(=O)Cn2cnc3c(sc4nc(-c5cccs5)ccc43)c2=O)cc1OC. The van der Waals surface area contributed by atoms with Crippen molar-refractivity contribution in [2.75, 3.05) is 19.5 Å². The third-order valence-electron chi connectivity index (χ3n) is 5.07. The molecule has 0 fully saturated rings. The molecule has 5 aromatic rings. The molecular weight excluding hydrogens is 460 g/mol. The maximum absolute atomic E-state index is 13.1. The zero-order valence-electron chi connectivity index (χ0n) is 17.7. The number of rotatable bonds is 6. The van der Waals surface area contributed by atoms with E-state index in [2.05, 4.69) is 10.3 Å². The molecule has 0 bridgehead atoms. The first-order chi connectivity index (χ1) is 16.1. The van der Waals surface area contributed by atoms with Crippen molar-refractivity contribution in [1.82, 2.24) is 14.5 Å². The van der Waals surface area contributed by atoms with Crippen molar-refractivity contribution in [2.45, 2.75) is 6.54 Å². The van der Waals surface area contributed by atoms with Crippen LogP contribution in [-0.4, -0.2) is 34.7 Å². The number of ether oxygens (including phenoxy) is 2. The molecule has 10 heteroatoms. The van der Waals surface area contributed by atoms with Crippen molar-refractivity contribution in [3.05, 3.63) is 64.5 Å². The minimum absolute atomic E-state index is 0.168. The molecule has 0 saturated carbocycles. The fourth-order valence-electron chi connectivity index (χ4n) is 3.49. The predicted molar refractivity (Wildman–Crippen MR) is 131 cm³/mol. The van der Waals surface area contributed by atoms with E-state index in [-0.39, 0.29) is 18.0 Å². The third-order valence-corrected chi connectivity index (χ3v) is 7.03. The Morgan fingerprint density at radius 3 is 2.73 bits per heavy atom. The molecule has 166 valence electrons. The van der Waals surface area contributed by atoms with E-state index in [1.165, 1.54) is 36.5 Å². The molecule has 1 amide bonds. The van der Waals surface area contributed by atoms with E-state index in [1.807, 2.05) is 29.6 Å². The molecule has 4 aromatic heterocycles. The molecule has 0 aliphatic carbocycles. The lowest BCUT2D eigenvalue weighted by atomic mass is 10.2. The standard InChI is InChI=1S/C23H18N4O4S2/c1-30-16-8-5-13(10-17(16)31-2)25-19(28)11-27-12-24-20-14-6-7-15(18-4-3-9-32-18)26-22(14)33-21(20)23(27)29/h3-10,12H,11H2,1-2H3,(H,25,28). The van der Waals surface area contributed by atoms with Gasteiger partial charge in [0.05, 0.1) is 36.6 Å². The smallest absolute Gasteiger partial charge is 0.271 e. The van der Waals surface area contributed by atoms with Gasteiger partial charge in [0.2, 0.25) is 5.91 Å². The lowest BCUT2D eigenvalue weighted by molar-refractivity contribution is -0.116. The molecule has 0 radical (unpaired) electrons. The van der Waals surface area contributed by atoms with Crippen LogP contribution in [0.25, 0.3) is 31.0 Å². The van der Waals surface area contributed by atoms with Gasteiger partial charge in [-0.05, 0) is 35.7 Å². The first-order valence-electron chi connectivity index (χ1n) is 9.92. The number of carbonyl (C=O) groups excluding carboxylic acids is 1. The number of amides is 1. The van der Waals surface area contributed by atoms with Gasteiger partial charge in [0.25, 0.3) is 5.56 Å². The predicted octanol–water partition coefficient (Wildman–Crippen LogP) is 4.39. The molecule has 8 nitrogen and oxygen atoms in total. The molecular formula is C23H18N4O4S2. The quantitative estimate of drug-likeness (QED) is 0.389. The average molecular weight is 479 g/mol. The van der Waals surface area contributed by atoms with E-state index >= 15 is 0 Å². The highest BCUT2D eigenvalue weighted by Gasteiger charge is 2.15. The fourth-order valence-corrected chi connectivity index (χ4v) is 5.26. The number of nitrogens with one attached hydrogen (secondary N) is 1. The third kappa shape index (κ3) is 3.94. The molecule has 5 rings (SSSR count). The van der Waals surface area contributed by atoms with Crippen LogP contribution in [0.15, 0.2) is 59.0 Å². The Kier molecular flexibility index (Phi) is 5.53. The Hall–Kier alpha value is -3.76. The van der Waals surface area contributed by atoms with Crippen LogP contribution >= 0.6 is 22.7 Å². The second-order valence-electron chi connectivity index (χ2n) is 7.10. The molecule has 0 unspecified atom stereocenters. The van der Waals surface area contributed by atoms with Crippen molar-refractivity contribution in [2.24, 2.45) is 0 Å². The normalized spacial score (nSPS) is 11.1. The van der Waals surface area contributed by atoms with Gasteiger partial charge < -0.3 is 14.8 Å². The van der Waals surface area contributed by atoms with Gasteiger partial charge in [-0.25, -0.2) is 9.97 Å². The minimum Gasteiger partial charge on any atom is -0.493 e. The van der Waals surface area contributed by atoms with Gasteiger partial charge in [-0.3, -0.25) is 14.2 Å². The molecule has 0 atom stereocenters. The largest absolute Gasteiger partial charge is 0.493 e. The number of thiophene rings is 2. The van der Waals surface area contributed by atoms with Crippen molar-refractivity contribution < 1.29 is 14.3 Å². The summed E-state index contributed by atoms with van der Waals surface area (Å²) in [6.07, 6.45) is 1.40. The number of pyridine rings is 1. The summed E-state index contributed by atoms with van der Waals surface area (Å²) in [6, 6.07) is 12.9. The van der Waals surface area contributed by atoms with E-state index in [4.69, 9.17) is 14.5 Å². The Morgan fingerprint density at radius 2 is 1.97 bits per heavy atom. The summed E-state index contributed by atoms with van der Waals surface area (Å²) in [7, 11) is 3.06. The summed E-state index contributed by atoms with van der Waals surface area (Å²) in [5, 5.41) is 5.60. The van der Waals surface area contributed by atoms with E-state index in [0.29, 0.717) is 27.4 Å². The topological polar surface area (TPSA) is 95.3 Å². The molecule has 33 heavy (non-hydrogen) atoms. The van der Waals surface area contributed by atoms with E-state index < -0.39 is 0 Å². The number of hydrogen-bond acceptors (Lipinski definition) is 8. The zero-order chi connectivity index (χ0) is 22.9. The van der Waals surface area contributed by atoms with Crippen molar-refractivity contribution in [1.29, 1.82) is 0 Å². The maximum Gasteiger partial charge on any atom is 0.271 e. The summed E-state index contributed by atoms with van der Waals surface area (Å²) >= 11 is 2.90. The van der Waals surface area contributed by atoms with E-state index in [9.17, 15) is 9.59 Å². The summed E-state index contributed by atoms with van der Waals surface area (Å²) in [4.78, 5) is 36.6. The van der Waals surface area contributed by atoms with Crippen LogP contribution in [0.5, 0.6) is 11.5 Å². The van der Waals surface area contributed by atoms with Gasteiger partial charge in [-0.2, -0.15) is 0 Å². The molecule has 4 heterocycles. The van der Waals surface area contributed by atoms with Crippen LogP contribution in [0, 0.1) is 0 Å². The van der Waals surface area contributed by atoms with Crippen molar-refractivity contribution in [3.63, 3.8) is 0 Å². The lowest BCUT2D eigenvalue weighted by Gasteiger charge is -2.11. The van der Waals surface area contributed by atoms with Gasteiger partial charge in [0, 0.05) is 17.1 Å². The second kappa shape index (κ2) is 8.64. The summed E-state index contributed by atoms with van der Waals surface area (Å²) in [5.74, 6) is 0.696. The number of aromatic nitrogens is 3. The molecule has 1 aromatic carbocycles. The van der Waals surface area contributed by atoms with Crippen LogP contribution in [0.2, 0.25) is 0 Å². The minimum atomic E-state index is -0.357. The highest BCUT2D eigenvalue weighted by molar-refractivity contribution is 7.25. The van der Waals surface area contributed by atoms with E-state index in [0.717, 1.165) is 20.8 Å². The summed E-state index contributed by atoms with van der Waals surface area (Å²) in [5.41, 5.74) is 1.72. The number of nitrogens with zero attached hydrogens (tertiary/aromatic N) is 3. The molecule has 1 N–H and O–H groups in total. The van der Waals surface area contributed by atoms with Crippen molar-refractivity contribution in [3.8, 4) is 22.1 Å². The Morgan fingerprint density at radius 1 is 1.12 bits per heavy atom. The molecule has 0 aliphatic rings. The van der Waals surface area contributed by atoms with Gasteiger partial charge in [0.1, 0.15) is 16.1 Å². The van der Waals surface area contributed by atoms with Gasteiger partial charge in [0.15, 0.2) is 11.5 Å². The zero-order valence-corrected chi connectivity index (χ0v) is 19.3. The Bertz CT molecular complexity index is 1540. The van der Waals surface area contributed by atoms with Gasteiger partial charge in [-0.15, -0.1) is 22.7 Å². The first-order valence-corrected chi connectivity index (χ1v) is 11.6. The maximum atomic E-state index is 13.1. The Balaban J connectivity index is 1.42. The molecule has 0 spiro atoms. The summed E-state index contributed by atoms with van der Waals surface area (Å²) in [6.45, 7) is -0.168. The highest BCUT2D eigenvalue weighted by atomic mass is 32.1. The van der Waals surface area contributed by atoms with E-state index in [1.54, 1.807) is 29.5 Å². The van der Waals surface area contributed by atoms with Gasteiger partial charge in [-0.1, -0.05) is 6.07 Å². The summed E-state index contributed by atoms with van der Waals surface area (Å²) < 4.78 is 12.2. The highest BCUT2D eigenvalue weighted by Crippen LogP contribution is 2.32. The van der Waals surface area contributed by atoms with Crippen LogP contribution in [0.3, 0.4) is 0 Å². The van der Waals surface area contributed by atoms with Crippen molar-refractivity contribution >= 4 is 54.7 Å². The molecule has 0 saturated heterocycles. The first kappa shape index (κ1) is 21.1. The van der Waals surface area contributed by atoms with Crippen LogP contribution in [0.4, 0.5) is 5.69 Å². The van der Waals surface area contributed by atoms with Crippen LogP contribution in [-0.2, 0) is 11.3 Å². The van der Waals surface area contributed by atoms with Gasteiger partial charge >= 0.3 is 0 Å². The number of hydrogen-bond donors (Lipinski definition) is 1. The second-order valence-corrected chi connectivity index (χ2v) is 9.05. The monoisotopic (exact) mass is 478 g/mol.